The van der Waals surface area contributed by atoms with E-state index in [9.17, 15) is 13.6 Å². The number of halogens is 2. The first-order valence-corrected chi connectivity index (χ1v) is 11.9. The molecular formula is C26H26F2N6O. The van der Waals surface area contributed by atoms with Crippen LogP contribution in [-0.4, -0.2) is 37.2 Å². The van der Waals surface area contributed by atoms with Gasteiger partial charge in [0.2, 0.25) is 0 Å². The number of hydrogen-bond acceptors (Lipinski definition) is 6. The lowest BCUT2D eigenvalue weighted by Crippen LogP contribution is -2.52. The van der Waals surface area contributed by atoms with Crippen molar-refractivity contribution in [1.82, 2.24) is 24.5 Å². The van der Waals surface area contributed by atoms with Crippen LogP contribution in [0.4, 0.5) is 8.78 Å². The van der Waals surface area contributed by atoms with Crippen LogP contribution in [-0.2, 0) is 13.0 Å². The van der Waals surface area contributed by atoms with Crippen molar-refractivity contribution < 1.29 is 8.78 Å². The summed E-state index contributed by atoms with van der Waals surface area (Å²) in [5.74, 6) is 0.863. The van der Waals surface area contributed by atoms with Crippen molar-refractivity contribution in [3.05, 3.63) is 81.1 Å². The Morgan fingerprint density at radius 2 is 1.89 bits per heavy atom. The molecule has 3 aliphatic rings. The predicted molar refractivity (Wildman–Crippen MR) is 128 cm³/mol. The van der Waals surface area contributed by atoms with E-state index in [4.69, 9.17) is 4.98 Å². The van der Waals surface area contributed by atoms with Gasteiger partial charge in [0, 0.05) is 66.4 Å². The number of nitrogens with zero attached hydrogens (tertiary/aromatic N) is 5. The number of alkyl halides is 2. The van der Waals surface area contributed by atoms with Crippen molar-refractivity contribution >= 4 is 5.57 Å². The Bertz CT molecular complexity index is 1390. The van der Waals surface area contributed by atoms with Crippen LogP contribution in [0.1, 0.15) is 67.5 Å². The van der Waals surface area contributed by atoms with Crippen LogP contribution >= 0.6 is 0 Å². The van der Waals surface area contributed by atoms with Gasteiger partial charge in [0.05, 0.1) is 0 Å². The molecule has 0 saturated heterocycles. The van der Waals surface area contributed by atoms with Gasteiger partial charge in [-0.2, -0.15) is 0 Å². The zero-order chi connectivity index (χ0) is 24.3. The van der Waals surface area contributed by atoms with Gasteiger partial charge in [-0.05, 0) is 55.5 Å². The molecule has 0 radical (unpaired) electrons. The summed E-state index contributed by atoms with van der Waals surface area (Å²) in [5, 5.41) is 0. The highest BCUT2D eigenvalue weighted by Gasteiger charge is 2.32. The molecule has 5 heterocycles. The predicted octanol–water partition coefficient (Wildman–Crippen LogP) is 4.25. The fourth-order valence-corrected chi connectivity index (χ4v) is 4.97. The lowest BCUT2D eigenvalue weighted by Gasteiger charge is -2.40. The normalized spacial score (nSPS) is 20.0. The van der Waals surface area contributed by atoms with Crippen LogP contribution in [0.5, 0.6) is 0 Å². The highest BCUT2D eigenvalue weighted by Crippen LogP contribution is 2.39. The molecule has 9 heteroatoms. The Morgan fingerprint density at radius 1 is 1.09 bits per heavy atom. The molecule has 180 valence electrons. The number of rotatable bonds is 4. The fraction of sp³-hybridized carbons (Fsp3) is 0.385. The van der Waals surface area contributed by atoms with Crippen molar-refractivity contribution in [3.8, 4) is 11.1 Å². The lowest BCUT2D eigenvalue weighted by molar-refractivity contribution is 0.145. The van der Waals surface area contributed by atoms with Crippen LogP contribution in [0.3, 0.4) is 0 Å². The Labute approximate surface area is 201 Å². The summed E-state index contributed by atoms with van der Waals surface area (Å²) in [5.41, 5.74) is 9.31. The Hall–Kier alpha value is -3.46. The van der Waals surface area contributed by atoms with Crippen LogP contribution in [0.25, 0.3) is 16.7 Å². The second-order valence-corrected chi connectivity index (χ2v) is 9.61. The van der Waals surface area contributed by atoms with E-state index in [1.165, 1.54) is 17.5 Å². The van der Waals surface area contributed by atoms with E-state index in [0.29, 0.717) is 12.5 Å². The van der Waals surface area contributed by atoms with Gasteiger partial charge in [0.25, 0.3) is 12.0 Å². The molecule has 0 bridgehead atoms. The minimum atomic E-state index is -2.79. The van der Waals surface area contributed by atoms with Gasteiger partial charge in [-0.1, -0.05) is 6.07 Å². The molecule has 1 aliphatic carbocycles. The molecule has 7 nitrogen and oxygen atoms in total. The molecule has 0 aromatic carbocycles. The van der Waals surface area contributed by atoms with Gasteiger partial charge in [-0.15, -0.1) is 0 Å². The van der Waals surface area contributed by atoms with Crippen molar-refractivity contribution in [1.29, 1.82) is 0 Å². The van der Waals surface area contributed by atoms with Gasteiger partial charge in [-0.3, -0.25) is 25.1 Å². The molecule has 3 aromatic heterocycles. The van der Waals surface area contributed by atoms with E-state index in [1.54, 1.807) is 0 Å². The monoisotopic (exact) mass is 476 g/mol. The molecule has 1 N–H and O–H groups in total. The molecule has 1 saturated carbocycles. The molecule has 1 atom stereocenters. The van der Waals surface area contributed by atoms with Crippen LogP contribution in [0.15, 0.2) is 47.0 Å². The van der Waals surface area contributed by atoms with Crippen LogP contribution < -0.4 is 11.0 Å². The maximum Gasteiger partial charge on any atom is 0.280 e. The van der Waals surface area contributed by atoms with E-state index in [0.717, 1.165) is 58.3 Å². The number of fused-ring (bicyclic) bond motifs is 2. The van der Waals surface area contributed by atoms with Crippen molar-refractivity contribution in [2.45, 2.75) is 58.2 Å². The van der Waals surface area contributed by atoms with Gasteiger partial charge >= 0.3 is 0 Å². The highest BCUT2D eigenvalue weighted by atomic mass is 19.3. The van der Waals surface area contributed by atoms with E-state index in [-0.39, 0.29) is 12.0 Å². The smallest absolute Gasteiger partial charge is 0.280 e. The number of pyridine rings is 2. The molecule has 1 fully saturated rings. The SMILES string of the molecule is CC1=C(C)C(N2CCc3ncc(-c4ccc(C5CC5)nc4)cc3C2)Nn2c1nc(C(F)F)cc2=O. The quantitative estimate of drug-likeness (QED) is 0.607. The molecule has 35 heavy (non-hydrogen) atoms. The third-order valence-electron chi connectivity index (χ3n) is 7.30. The zero-order valence-corrected chi connectivity index (χ0v) is 19.6. The Morgan fingerprint density at radius 3 is 2.60 bits per heavy atom. The molecule has 1 unspecified atom stereocenters. The first-order chi connectivity index (χ1) is 16.9. The minimum Gasteiger partial charge on any atom is -0.300 e. The average Bonchev–Trinajstić information content (AvgIpc) is 3.71. The first kappa shape index (κ1) is 22.0. The largest absolute Gasteiger partial charge is 0.300 e. The van der Waals surface area contributed by atoms with E-state index in [2.05, 4.69) is 38.5 Å². The zero-order valence-electron chi connectivity index (χ0n) is 19.6. The number of nitrogens with one attached hydrogen (secondary N) is 1. The number of hydrogen-bond donors (Lipinski definition) is 1. The second kappa shape index (κ2) is 8.34. The van der Waals surface area contributed by atoms with Gasteiger partial charge in [-0.25, -0.2) is 18.4 Å². The third kappa shape index (κ3) is 3.93. The number of allylic oxidation sites excluding steroid dienone is 1. The number of aromatic nitrogens is 4. The summed E-state index contributed by atoms with van der Waals surface area (Å²) in [6.45, 7) is 5.19. The van der Waals surface area contributed by atoms with Crippen molar-refractivity contribution in [2.75, 3.05) is 12.0 Å². The summed E-state index contributed by atoms with van der Waals surface area (Å²) in [6.07, 6.45) is 4.04. The molecular weight excluding hydrogens is 450 g/mol. The van der Waals surface area contributed by atoms with E-state index >= 15 is 0 Å². The van der Waals surface area contributed by atoms with Crippen molar-refractivity contribution in [2.24, 2.45) is 0 Å². The molecule has 0 amide bonds. The summed E-state index contributed by atoms with van der Waals surface area (Å²) < 4.78 is 27.7. The first-order valence-electron chi connectivity index (χ1n) is 11.9. The van der Waals surface area contributed by atoms with Gasteiger partial charge in [0.1, 0.15) is 11.9 Å². The summed E-state index contributed by atoms with van der Waals surface area (Å²) in [4.78, 5) is 28.3. The lowest BCUT2D eigenvalue weighted by atomic mass is 9.98. The molecule has 2 aliphatic heterocycles. The summed E-state index contributed by atoms with van der Waals surface area (Å²) in [6, 6.07) is 7.31. The van der Waals surface area contributed by atoms with Crippen molar-refractivity contribution in [3.63, 3.8) is 0 Å². The topological polar surface area (TPSA) is 75.9 Å². The fourth-order valence-electron chi connectivity index (χ4n) is 4.97. The van der Waals surface area contributed by atoms with Gasteiger partial charge in [0.15, 0.2) is 5.82 Å². The van der Waals surface area contributed by atoms with Gasteiger partial charge < -0.3 is 0 Å². The molecule has 3 aromatic rings. The third-order valence-corrected chi connectivity index (χ3v) is 7.30. The van der Waals surface area contributed by atoms with E-state index < -0.39 is 17.7 Å². The Kier molecular flexibility index (Phi) is 5.25. The summed E-state index contributed by atoms with van der Waals surface area (Å²) >= 11 is 0. The maximum atomic E-state index is 13.2. The molecule has 0 spiro atoms. The van der Waals surface area contributed by atoms with Crippen LogP contribution in [0, 0.1) is 0 Å². The standard InChI is InChI=1S/C26H26F2N6O/c1-14-15(2)26(32-34-23(35)10-22(24(27)28)31-25(14)34)33-8-7-21-19(13-33)9-18(12-30-21)17-5-6-20(29-11-17)16-3-4-16/h5-6,9-12,16,24,26,32H,3-4,7-8,13H2,1-2H3. The van der Waals surface area contributed by atoms with E-state index in [1.807, 2.05) is 26.2 Å². The minimum absolute atomic E-state index is 0.241. The second-order valence-electron chi connectivity index (χ2n) is 9.61. The maximum absolute atomic E-state index is 13.2. The summed E-state index contributed by atoms with van der Waals surface area (Å²) in [7, 11) is 0. The Balaban J connectivity index is 1.28. The average molecular weight is 477 g/mol. The molecule has 6 rings (SSSR count). The highest BCUT2D eigenvalue weighted by molar-refractivity contribution is 5.65. The van der Waals surface area contributed by atoms with Crippen LogP contribution in [0.2, 0.25) is 0 Å².